The van der Waals surface area contributed by atoms with Gasteiger partial charge in [0.15, 0.2) is 0 Å². The normalized spacial score (nSPS) is 11.5. The standard InChI is InChI=1S/C13H21N3O4S/c1-5-16(8-13(17)15-3)21(18,19)12-7-10(14)9(2)6-11(12)20-4/h6-7H,5,8,14H2,1-4H3,(H,15,17). The number of carbonyl (C=O) groups is 1. The van der Waals surface area contributed by atoms with Gasteiger partial charge < -0.3 is 15.8 Å². The van der Waals surface area contributed by atoms with Crippen LogP contribution in [0.5, 0.6) is 5.75 Å². The third-order valence-corrected chi connectivity index (χ3v) is 5.06. The molecule has 0 aromatic heterocycles. The van der Waals surface area contributed by atoms with E-state index in [-0.39, 0.29) is 29.6 Å². The number of aryl methyl sites for hydroxylation is 1. The lowest BCUT2D eigenvalue weighted by Crippen LogP contribution is -2.39. The van der Waals surface area contributed by atoms with Crippen molar-refractivity contribution < 1.29 is 17.9 Å². The van der Waals surface area contributed by atoms with E-state index >= 15 is 0 Å². The maximum absolute atomic E-state index is 12.7. The van der Waals surface area contributed by atoms with Crippen LogP contribution in [0.25, 0.3) is 0 Å². The summed E-state index contributed by atoms with van der Waals surface area (Å²) in [6.07, 6.45) is 0. The van der Waals surface area contributed by atoms with Crippen LogP contribution in [0, 0.1) is 6.92 Å². The number of likely N-dealkylation sites (N-methyl/N-ethyl adjacent to an activating group) is 2. The van der Waals surface area contributed by atoms with Crippen molar-refractivity contribution in [3.05, 3.63) is 17.7 Å². The number of nitrogens with one attached hydrogen (secondary N) is 1. The van der Waals surface area contributed by atoms with Crippen LogP contribution >= 0.6 is 0 Å². The number of rotatable bonds is 6. The summed E-state index contributed by atoms with van der Waals surface area (Å²) in [6, 6.07) is 2.92. The molecule has 0 spiro atoms. The lowest BCUT2D eigenvalue weighted by molar-refractivity contribution is -0.120. The predicted molar refractivity (Wildman–Crippen MR) is 80.6 cm³/mol. The van der Waals surface area contributed by atoms with Gasteiger partial charge in [-0.25, -0.2) is 8.42 Å². The number of nitrogens with two attached hydrogens (primary N) is 1. The fourth-order valence-corrected chi connectivity index (χ4v) is 3.36. The van der Waals surface area contributed by atoms with Crippen LogP contribution in [0.15, 0.2) is 17.0 Å². The predicted octanol–water partition coefficient (Wildman–Crippen LogP) is 0.342. The molecule has 0 unspecified atom stereocenters. The molecule has 0 saturated heterocycles. The number of benzene rings is 1. The average Bonchev–Trinajstić information content (AvgIpc) is 2.46. The smallest absolute Gasteiger partial charge is 0.247 e. The molecule has 1 aromatic rings. The highest BCUT2D eigenvalue weighted by Gasteiger charge is 2.28. The van der Waals surface area contributed by atoms with Gasteiger partial charge in [0.1, 0.15) is 10.6 Å². The van der Waals surface area contributed by atoms with Gasteiger partial charge in [0.25, 0.3) is 0 Å². The van der Waals surface area contributed by atoms with E-state index in [1.165, 1.54) is 20.2 Å². The lowest BCUT2D eigenvalue weighted by Gasteiger charge is -2.21. The summed E-state index contributed by atoms with van der Waals surface area (Å²) in [6.45, 7) is 3.32. The Morgan fingerprint density at radius 2 is 2.05 bits per heavy atom. The molecule has 0 bridgehead atoms. The van der Waals surface area contributed by atoms with E-state index in [4.69, 9.17) is 10.5 Å². The van der Waals surface area contributed by atoms with E-state index in [0.717, 1.165) is 9.87 Å². The van der Waals surface area contributed by atoms with Gasteiger partial charge >= 0.3 is 0 Å². The number of amides is 1. The summed E-state index contributed by atoms with van der Waals surface area (Å²) in [5, 5.41) is 2.40. The molecule has 1 amide bonds. The van der Waals surface area contributed by atoms with Gasteiger partial charge in [-0.05, 0) is 24.6 Å². The van der Waals surface area contributed by atoms with Gasteiger partial charge in [-0.1, -0.05) is 6.92 Å². The number of sulfonamides is 1. The van der Waals surface area contributed by atoms with Crippen LogP contribution in [0.1, 0.15) is 12.5 Å². The summed E-state index contributed by atoms with van der Waals surface area (Å²) in [5.41, 5.74) is 6.87. The Labute approximate surface area is 125 Å². The van der Waals surface area contributed by atoms with Crippen LogP contribution < -0.4 is 15.8 Å². The summed E-state index contributed by atoms with van der Waals surface area (Å²) >= 11 is 0. The largest absolute Gasteiger partial charge is 0.495 e. The minimum atomic E-state index is -3.87. The first-order valence-electron chi connectivity index (χ1n) is 6.42. The van der Waals surface area contributed by atoms with E-state index in [0.29, 0.717) is 5.69 Å². The van der Waals surface area contributed by atoms with Crippen molar-refractivity contribution in [3.63, 3.8) is 0 Å². The second-order valence-corrected chi connectivity index (χ2v) is 6.37. The van der Waals surface area contributed by atoms with Gasteiger partial charge in [0.05, 0.1) is 13.7 Å². The molecule has 21 heavy (non-hydrogen) atoms. The molecular weight excluding hydrogens is 294 g/mol. The molecule has 3 N–H and O–H groups in total. The second-order valence-electron chi connectivity index (χ2n) is 4.46. The Bertz CT molecular complexity index is 629. The van der Waals surface area contributed by atoms with Gasteiger partial charge in [-0.15, -0.1) is 0 Å². The molecule has 0 aliphatic carbocycles. The first-order valence-corrected chi connectivity index (χ1v) is 7.86. The van der Waals surface area contributed by atoms with Crippen molar-refractivity contribution in [1.82, 2.24) is 9.62 Å². The van der Waals surface area contributed by atoms with Crippen LogP contribution in [-0.4, -0.2) is 45.9 Å². The van der Waals surface area contributed by atoms with Crippen molar-refractivity contribution in [1.29, 1.82) is 0 Å². The fraction of sp³-hybridized carbons (Fsp3) is 0.462. The van der Waals surface area contributed by atoms with E-state index in [2.05, 4.69) is 5.32 Å². The van der Waals surface area contributed by atoms with Crippen molar-refractivity contribution in [3.8, 4) is 5.75 Å². The molecule has 0 atom stereocenters. The molecule has 1 aromatic carbocycles. The molecule has 1 rings (SSSR count). The molecule has 0 aliphatic rings. The number of carbonyl (C=O) groups excluding carboxylic acids is 1. The molecule has 0 radical (unpaired) electrons. The summed E-state index contributed by atoms with van der Waals surface area (Å²) in [7, 11) is -1.03. The monoisotopic (exact) mass is 315 g/mol. The van der Waals surface area contributed by atoms with Gasteiger partial charge in [0, 0.05) is 19.3 Å². The van der Waals surface area contributed by atoms with Crippen molar-refractivity contribution in [2.24, 2.45) is 0 Å². The Hall–Kier alpha value is -1.80. The van der Waals surface area contributed by atoms with E-state index in [1.54, 1.807) is 19.9 Å². The summed E-state index contributed by atoms with van der Waals surface area (Å²) in [4.78, 5) is 11.4. The first-order chi connectivity index (χ1) is 9.77. The van der Waals surface area contributed by atoms with Crippen LogP contribution in [0.4, 0.5) is 5.69 Å². The summed E-state index contributed by atoms with van der Waals surface area (Å²) < 4.78 is 31.5. The lowest BCUT2D eigenvalue weighted by atomic mass is 10.2. The zero-order valence-electron chi connectivity index (χ0n) is 12.6. The van der Waals surface area contributed by atoms with E-state index in [1.807, 2.05) is 0 Å². The number of methoxy groups -OCH3 is 1. The Balaban J connectivity index is 3.34. The topological polar surface area (TPSA) is 102 Å². The van der Waals surface area contributed by atoms with Crippen LogP contribution in [-0.2, 0) is 14.8 Å². The molecule has 0 saturated carbocycles. The second kappa shape index (κ2) is 6.77. The third kappa shape index (κ3) is 3.64. The Kier molecular flexibility index (Phi) is 5.56. The maximum atomic E-state index is 12.7. The minimum absolute atomic E-state index is 0.0427. The number of hydrogen-bond donors (Lipinski definition) is 2. The number of nitrogen functional groups attached to an aromatic ring is 1. The van der Waals surface area contributed by atoms with Gasteiger partial charge in [-0.2, -0.15) is 4.31 Å². The van der Waals surface area contributed by atoms with Crippen molar-refractivity contribution in [2.45, 2.75) is 18.7 Å². The minimum Gasteiger partial charge on any atom is -0.495 e. The highest BCUT2D eigenvalue weighted by Crippen LogP contribution is 2.30. The summed E-state index contributed by atoms with van der Waals surface area (Å²) in [5.74, 6) is -0.184. The average molecular weight is 315 g/mol. The third-order valence-electron chi connectivity index (χ3n) is 3.12. The molecule has 7 nitrogen and oxygen atoms in total. The molecular formula is C13H21N3O4S. The zero-order valence-corrected chi connectivity index (χ0v) is 13.5. The number of nitrogens with zero attached hydrogens (tertiary/aromatic N) is 1. The first kappa shape index (κ1) is 17.3. The SMILES string of the molecule is CCN(CC(=O)NC)S(=O)(=O)c1cc(N)c(C)cc1OC. The number of ether oxygens (including phenoxy) is 1. The van der Waals surface area contributed by atoms with Crippen LogP contribution in [0.2, 0.25) is 0 Å². The zero-order chi connectivity index (χ0) is 16.2. The highest BCUT2D eigenvalue weighted by molar-refractivity contribution is 7.89. The van der Waals surface area contributed by atoms with E-state index < -0.39 is 10.0 Å². The maximum Gasteiger partial charge on any atom is 0.247 e. The molecule has 0 fully saturated rings. The number of anilines is 1. The fourth-order valence-electron chi connectivity index (χ4n) is 1.78. The van der Waals surface area contributed by atoms with Crippen LogP contribution in [0.3, 0.4) is 0 Å². The quantitative estimate of drug-likeness (QED) is 0.737. The Morgan fingerprint density at radius 1 is 1.43 bits per heavy atom. The molecule has 0 aliphatic heterocycles. The highest BCUT2D eigenvalue weighted by atomic mass is 32.2. The van der Waals surface area contributed by atoms with E-state index in [9.17, 15) is 13.2 Å². The molecule has 8 heteroatoms. The van der Waals surface area contributed by atoms with Crippen molar-refractivity contribution in [2.75, 3.05) is 33.0 Å². The van der Waals surface area contributed by atoms with Gasteiger partial charge in [-0.3, -0.25) is 4.79 Å². The molecule has 0 heterocycles. The number of hydrogen-bond acceptors (Lipinski definition) is 5. The Morgan fingerprint density at radius 3 is 2.52 bits per heavy atom. The van der Waals surface area contributed by atoms with Crippen molar-refractivity contribution >= 4 is 21.6 Å². The van der Waals surface area contributed by atoms with Gasteiger partial charge in [0.2, 0.25) is 15.9 Å². The molecule has 118 valence electrons.